The van der Waals surface area contributed by atoms with Gasteiger partial charge in [-0.2, -0.15) is 0 Å². The Morgan fingerprint density at radius 3 is 2.59 bits per heavy atom. The van der Waals surface area contributed by atoms with Gasteiger partial charge >= 0.3 is 0 Å². The maximum absolute atomic E-state index is 11.5. The van der Waals surface area contributed by atoms with Crippen LogP contribution in [0.2, 0.25) is 0 Å². The number of nitrogens with one attached hydrogen (secondary N) is 1. The number of halogens is 2. The second-order valence-corrected chi connectivity index (χ2v) is 3.85. The molecule has 3 N–H and O–H groups in total. The molecule has 0 aliphatic heterocycles. The minimum atomic E-state index is -0.443. The van der Waals surface area contributed by atoms with Gasteiger partial charge < -0.3 is 11.1 Å². The van der Waals surface area contributed by atoms with Gasteiger partial charge in [0.15, 0.2) is 0 Å². The standard InChI is InChI=1S/C11H17N3O.2ClH/c1-8(2)10(12)11(15)14-7-9-4-3-5-13-6-9;;/h3-6,8,10H,7,12H2,1-2H3,(H,14,15);2*1H. The van der Waals surface area contributed by atoms with Crippen LogP contribution >= 0.6 is 24.8 Å². The molecule has 0 spiro atoms. The molecule has 0 radical (unpaired) electrons. The van der Waals surface area contributed by atoms with Crippen molar-refractivity contribution in [3.8, 4) is 0 Å². The lowest BCUT2D eigenvalue weighted by atomic mass is 10.1. The van der Waals surface area contributed by atoms with Gasteiger partial charge in [0.05, 0.1) is 6.04 Å². The van der Waals surface area contributed by atoms with Crippen LogP contribution in [0.4, 0.5) is 0 Å². The second kappa shape index (κ2) is 9.22. The van der Waals surface area contributed by atoms with Crippen LogP contribution in [-0.4, -0.2) is 16.9 Å². The molecule has 98 valence electrons. The summed E-state index contributed by atoms with van der Waals surface area (Å²) in [4.78, 5) is 15.5. The monoisotopic (exact) mass is 279 g/mol. The van der Waals surface area contributed by atoms with Gasteiger partial charge in [0.2, 0.25) is 5.91 Å². The first-order chi connectivity index (χ1) is 7.11. The number of amides is 1. The Morgan fingerprint density at radius 2 is 2.12 bits per heavy atom. The number of carbonyl (C=O) groups excluding carboxylic acids is 1. The second-order valence-electron chi connectivity index (χ2n) is 3.85. The Hall–Kier alpha value is -0.840. The fourth-order valence-corrected chi connectivity index (χ4v) is 1.11. The zero-order chi connectivity index (χ0) is 11.3. The van der Waals surface area contributed by atoms with E-state index >= 15 is 0 Å². The van der Waals surface area contributed by atoms with Crippen molar-refractivity contribution in [1.29, 1.82) is 0 Å². The van der Waals surface area contributed by atoms with Gasteiger partial charge in [0.25, 0.3) is 0 Å². The van der Waals surface area contributed by atoms with Crippen LogP contribution in [0.25, 0.3) is 0 Å². The number of rotatable bonds is 4. The summed E-state index contributed by atoms with van der Waals surface area (Å²) < 4.78 is 0. The van der Waals surface area contributed by atoms with Gasteiger partial charge in [0, 0.05) is 18.9 Å². The number of pyridine rings is 1. The molecule has 6 heteroatoms. The Balaban J connectivity index is 0. The number of nitrogens with two attached hydrogens (primary N) is 1. The average Bonchev–Trinajstić information content (AvgIpc) is 2.26. The maximum Gasteiger partial charge on any atom is 0.237 e. The largest absolute Gasteiger partial charge is 0.351 e. The Kier molecular flexibility index (Phi) is 10.0. The highest BCUT2D eigenvalue weighted by molar-refractivity contribution is 5.85. The first-order valence-electron chi connectivity index (χ1n) is 5.03. The Morgan fingerprint density at radius 1 is 1.47 bits per heavy atom. The van der Waals surface area contributed by atoms with Crippen LogP contribution < -0.4 is 11.1 Å². The third kappa shape index (κ3) is 6.46. The Labute approximate surface area is 114 Å². The number of hydrogen-bond acceptors (Lipinski definition) is 3. The highest BCUT2D eigenvalue weighted by atomic mass is 35.5. The quantitative estimate of drug-likeness (QED) is 0.878. The van der Waals surface area contributed by atoms with E-state index in [9.17, 15) is 4.79 Å². The number of hydrogen-bond donors (Lipinski definition) is 2. The van der Waals surface area contributed by atoms with Crippen molar-refractivity contribution >= 4 is 30.7 Å². The molecule has 1 unspecified atom stereocenters. The fraction of sp³-hybridized carbons (Fsp3) is 0.455. The van der Waals surface area contributed by atoms with Crippen LogP contribution in [0.15, 0.2) is 24.5 Å². The van der Waals surface area contributed by atoms with Crippen molar-refractivity contribution in [2.24, 2.45) is 11.7 Å². The molecule has 1 aromatic heterocycles. The molecule has 0 aromatic carbocycles. The normalized spacial score (nSPS) is 11.1. The molecule has 1 atom stereocenters. The lowest BCUT2D eigenvalue weighted by Gasteiger charge is -2.15. The molecular weight excluding hydrogens is 261 g/mol. The van der Waals surface area contributed by atoms with Crippen LogP contribution in [0.1, 0.15) is 19.4 Å². The topological polar surface area (TPSA) is 68.0 Å². The van der Waals surface area contributed by atoms with Crippen molar-refractivity contribution < 1.29 is 4.79 Å². The predicted octanol–water partition coefficient (Wildman–Crippen LogP) is 1.52. The van der Waals surface area contributed by atoms with Crippen molar-refractivity contribution in [3.63, 3.8) is 0 Å². The molecule has 4 nitrogen and oxygen atoms in total. The van der Waals surface area contributed by atoms with E-state index in [2.05, 4.69) is 10.3 Å². The highest BCUT2D eigenvalue weighted by Gasteiger charge is 2.16. The molecule has 1 heterocycles. The SMILES string of the molecule is CC(C)C(N)C(=O)NCc1cccnc1.Cl.Cl. The zero-order valence-corrected chi connectivity index (χ0v) is 11.6. The van der Waals surface area contributed by atoms with Gasteiger partial charge in [0.1, 0.15) is 0 Å². The van der Waals surface area contributed by atoms with E-state index < -0.39 is 6.04 Å². The van der Waals surface area contributed by atoms with Crippen LogP contribution in [0.3, 0.4) is 0 Å². The summed E-state index contributed by atoms with van der Waals surface area (Å²) in [5.41, 5.74) is 6.67. The Bertz CT molecular complexity index is 320. The molecule has 0 saturated carbocycles. The van der Waals surface area contributed by atoms with Crippen molar-refractivity contribution in [3.05, 3.63) is 30.1 Å². The van der Waals surface area contributed by atoms with Crippen LogP contribution in [0.5, 0.6) is 0 Å². The van der Waals surface area contributed by atoms with Gasteiger partial charge in [-0.05, 0) is 17.5 Å². The number of nitrogens with zero attached hydrogens (tertiary/aromatic N) is 1. The zero-order valence-electron chi connectivity index (χ0n) is 9.92. The summed E-state index contributed by atoms with van der Waals surface area (Å²) in [5.74, 6) is 0.0350. The van der Waals surface area contributed by atoms with E-state index in [1.165, 1.54) is 0 Å². The summed E-state index contributed by atoms with van der Waals surface area (Å²) in [5, 5.41) is 2.78. The van der Waals surface area contributed by atoms with Gasteiger partial charge in [-0.1, -0.05) is 19.9 Å². The van der Waals surface area contributed by atoms with Crippen LogP contribution in [-0.2, 0) is 11.3 Å². The molecule has 0 saturated heterocycles. The molecule has 1 amide bonds. The third-order valence-corrected chi connectivity index (χ3v) is 2.21. The number of carbonyl (C=O) groups is 1. The van der Waals surface area contributed by atoms with E-state index in [4.69, 9.17) is 5.73 Å². The van der Waals surface area contributed by atoms with E-state index in [-0.39, 0.29) is 36.6 Å². The summed E-state index contributed by atoms with van der Waals surface area (Å²) in [7, 11) is 0. The molecule has 1 aromatic rings. The minimum Gasteiger partial charge on any atom is -0.351 e. The third-order valence-electron chi connectivity index (χ3n) is 2.21. The molecule has 0 aliphatic carbocycles. The summed E-state index contributed by atoms with van der Waals surface area (Å²) in [6.45, 7) is 4.33. The summed E-state index contributed by atoms with van der Waals surface area (Å²) in [6.07, 6.45) is 3.42. The summed E-state index contributed by atoms with van der Waals surface area (Å²) >= 11 is 0. The van der Waals surface area contributed by atoms with Crippen molar-refractivity contribution in [1.82, 2.24) is 10.3 Å². The molecule has 1 rings (SSSR count). The average molecular weight is 280 g/mol. The predicted molar refractivity (Wildman–Crippen MR) is 73.4 cm³/mol. The lowest BCUT2D eigenvalue weighted by molar-refractivity contribution is -0.123. The van der Waals surface area contributed by atoms with Crippen LogP contribution in [0, 0.1) is 5.92 Å². The highest BCUT2D eigenvalue weighted by Crippen LogP contribution is 1.99. The molecule has 0 bridgehead atoms. The first-order valence-corrected chi connectivity index (χ1v) is 5.03. The smallest absolute Gasteiger partial charge is 0.237 e. The first kappa shape index (κ1) is 18.5. The minimum absolute atomic E-state index is 0. The van der Waals surface area contributed by atoms with Gasteiger partial charge in [-0.25, -0.2) is 0 Å². The fourth-order valence-electron chi connectivity index (χ4n) is 1.11. The maximum atomic E-state index is 11.5. The molecule has 17 heavy (non-hydrogen) atoms. The number of aromatic nitrogens is 1. The van der Waals surface area contributed by atoms with Crippen molar-refractivity contribution in [2.45, 2.75) is 26.4 Å². The molecular formula is C11H19Cl2N3O. The van der Waals surface area contributed by atoms with Gasteiger partial charge in [-0.15, -0.1) is 24.8 Å². The van der Waals surface area contributed by atoms with E-state index in [0.717, 1.165) is 5.56 Å². The van der Waals surface area contributed by atoms with E-state index in [1.54, 1.807) is 12.4 Å². The van der Waals surface area contributed by atoms with Gasteiger partial charge in [-0.3, -0.25) is 9.78 Å². The van der Waals surface area contributed by atoms with E-state index in [0.29, 0.717) is 6.54 Å². The summed E-state index contributed by atoms with van der Waals surface area (Å²) in [6, 6.07) is 3.31. The van der Waals surface area contributed by atoms with Crippen molar-refractivity contribution in [2.75, 3.05) is 0 Å². The molecule has 0 fully saturated rings. The lowest BCUT2D eigenvalue weighted by Crippen LogP contribution is -2.43. The molecule has 0 aliphatic rings. The van der Waals surface area contributed by atoms with E-state index in [1.807, 2.05) is 26.0 Å².